The minimum Gasteiger partial charge on any atom is -0.311 e. The second kappa shape index (κ2) is 7.27. The molecule has 5 nitrogen and oxygen atoms in total. The van der Waals surface area contributed by atoms with Crippen molar-refractivity contribution < 1.29 is 14.4 Å². The average Bonchev–Trinajstić information content (AvgIpc) is 2.93. The van der Waals surface area contributed by atoms with Crippen LogP contribution in [0.2, 0.25) is 0 Å². The van der Waals surface area contributed by atoms with Crippen molar-refractivity contribution in [3.63, 3.8) is 0 Å². The summed E-state index contributed by atoms with van der Waals surface area (Å²) in [5.74, 6) is -0.00758. The number of hydrogen-bond donors (Lipinski definition) is 0. The Bertz CT molecular complexity index is 780. The highest BCUT2D eigenvalue weighted by Gasteiger charge is 2.33. The van der Waals surface area contributed by atoms with Crippen LogP contribution in [0.4, 0.5) is 5.69 Å². The van der Waals surface area contributed by atoms with Gasteiger partial charge in [0.05, 0.1) is 10.8 Å². The third-order valence-electron chi connectivity index (χ3n) is 4.61. The quantitative estimate of drug-likeness (QED) is 0.766. The molecule has 0 bridgehead atoms. The Morgan fingerprint density at radius 1 is 1.23 bits per heavy atom. The molecule has 2 heterocycles. The largest absolute Gasteiger partial charge is 0.311 e. The molecule has 0 aromatic heterocycles. The van der Waals surface area contributed by atoms with E-state index in [0.29, 0.717) is 11.6 Å². The molecule has 3 rings (SSSR count). The van der Waals surface area contributed by atoms with Gasteiger partial charge in [-0.25, -0.2) is 0 Å². The molecule has 0 spiro atoms. The molecular formula is C20H24N2O3S. The number of carbonyl (C=O) groups excluding carboxylic acids is 3. The standard InChI is InChI=1S/C20H24N2O3S/c1-20(2,3)16(23)11-19-22(18(25)13-26-19)12-17(24)21-10-6-8-14-7-4-5-9-15(14)21/h4-5,7,9,11H,6,8,10,12-13H2,1-3H3. The van der Waals surface area contributed by atoms with Crippen LogP contribution in [0.3, 0.4) is 0 Å². The van der Waals surface area contributed by atoms with Gasteiger partial charge in [-0.1, -0.05) is 50.7 Å². The maximum Gasteiger partial charge on any atom is 0.247 e. The summed E-state index contributed by atoms with van der Waals surface area (Å²) in [6.07, 6.45) is 3.38. The van der Waals surface area contributed by atoms with E-state index in [0.717, 1.165) is 24.1 Å². The molecule has 1 saturated heterocycles. The minimum absolute atomic E-state index is 0.0244. The normalized spacial score (nSPS) is 19.0. The van der Waals surface area contributed by atoms with Gasteiger partial charge in [0.15, 0.2) is 5.78 Å². The summed E-state index contributed by atoms with van der Waals surface area (Å²) in [7, 11) is 0. The van der Waals surface area contributed by atoms with Crippen molar-refractivity contribution in [3.05, 3.63) is 40.9 Å². The molecule has 138 valence electrons. The molecule has 1 aromatic carbocycles. The molecule has 0 radical (unpaired) electrons. The van der Waals surface area contributed by atoms with E-state index in [1.54, 1.807) is 4.90 Å². The van der Waals surface area contributed by atoms with Gasteiger partial charge in [-0.2, -0.15) is 0 Å². The summed E-state index contributed by atoms with van der Waals surface area (Å²) in [6, 6.07) is 7.90. The number of anilines is 1. The highest BCUT2D eigenvalue weighted by molar-refractivity contribution is 8.04. The van der Waals surface area contributed by atoms with Crippen molar-refractivity contribution in [2.45, 2.75) is 33.6 Å². The number of amides is 2. The van der Waals surface area contributed by atoms with Crippen LogP contribution in [0, 0.1) is 5.41 Å². The Balaban J connectivity index is 1.79. The third-order valence-corrected chi connectivity index (χ3v) is 5.63. The number of benzene rings is 1. The second-order valence-corrected chi connectivity index (χ2v) is 8.64. The summed E-state index contributed by atoms with van der Waals surface area (Å²) in [6.45, 7) is 6.16. The van der Waals surface area contributed by atoms with E-state index in [2.05, 4.69) is 0 Å². The van der Waals surface area contributed by atoms with Crippen molar-refractivity contribution in [2.24, 2.45) is 5.41 Å². The predicted molar refractivity (Wildman–Crippen MR) is 104 cm³/mol. The summed E-state index contributed by atoms with van der Waals surface area (Å²) in [5, 5.41) is 0.577. The fourth-order valence-electron chi connectivity index (χ4n) is 3.04. The molecule has 0 aliphatic carbocycles. The molecule has 26 heavy (non-hydrogen) atoms. The van der Waals surface area contributed by atoms with Crippen molar-refractivity contribution in [1.29, 1.82) is 0 Å². The van der Waals surface area contributed by atoms with Gasteiger partial charge in [0.1, 0.15) is 6.54 Å². The number of allylic oxidation sites excluding steroid dienone is 1. The molecule has 2 aliphatic rings. The second-order valence-electron chi connectivity index (χ2n) is 7.64. The van der Waals surface area contributed by atoms with Crippen molar-refractivity contribution >= 4 is 35.0 Å². The van der Waals surface area contributed by atoms with Crippen LogP contribution in [0.1, 0.15) is 32.8 Å². The van der Waals surface area contributed by atoms with Crippen LogP contribution in [-0.4, -0.2) is 41.3 Å². The van der Waals surface area contributed by atoms with E-state index in [4.69, 9.17) is 0 Å². The van der Waals surface area contributed by atoms with Gasteiger partial charge in [0.2, 0.25) is 11.8 Å². The van der Waals surface area contributed by atoms with Gasteiger partial charge in [-0.15, -0.1) is 0 Å². The zero-order valence-corrected chi connectivity index (χ0v) is 16.3. The molecule has 2 aliphatic heterocycles. The molecule has 2 amide bonds. The number of nitrogens with zero attached hydrogens (tertiary/aromatic N) is 2. The number of para-hydroxylation sites is 1. The highest BCUT2D eigenvalue weighted by Crippen LogP contribution is 2.32. The van der Waals surface area contributed by atoms with E-state index in [1.807, 2.05) is 45.0 Å². The Labute approximate surface area is 158 Å². The smallest absolute Gasteiger partial charge is 0.247 e. The van der Waals surface area contributed by atoms with Crippen molar-refractivity contribution in [2.75, 3.05) is 23.7 Å². The fourth-order valence-corrected chi connectivity index (χ4v) is 3.98. The van der Waals surface area contributed by atoms with Gasteiger partial charge in [0, 0.05) is 23.7 Å². The van der Waals surface area contributed by atoms with Gasteiger partial charge in [-0.05, 0) is 24.5 Å². The first-order valence-electron chi connectivity index (χ1n) is 8.85. The first kappa shape index (κ1) is 18.7. The van der Waals surface area contributed by atoms with Gasteiger partial charge in [-0.3, -0.25) is 19.3 Å². The lowest BCUT2D eigenvalue weighted by Crippen LogP contribution is -2.43. The van der Waals surface area contributed by atoms with E-state index in [9.17, 15) is 14.4 Å². The first-order chi connectivity index (χ1) is 12.3. The number of hydrogen-bond acceptors (Lipinski definition) is 4. The molecule has 1 fully saturated rings. The summed E-state index contributed by atoms with van der Waals surface area (Å²) in [4.78, 5) is 40.7. The fraction of sp³-hybridized carbons (Fsp3) is 0.450. The SMILES string of the molecule is CC(C)(C)C(=O)C=C1SCC(=O)N1CC(=O)N1CCCc2ccccc21. The van der Waals surface area contributed by atoms with Crippen LogP contribution in [0.5, 0.6) is 0 Å². The molecule has 0 unspecified atom stereocenters. The zero-order valence-electron chi connectivity index (χ0n) is 15.4. The maximum atomic E-state index is 12.9. The van der Waals surface area contributed by atoms with Crippen LogP contribution in [0.25, 0.3) is 0 Å². The van der Waals surface area contributed by atoms with Crippen LogP contribution < -0.4 is 4.90 Å². The molecule has 0 saturated carbocycles. The minimum atomic E-state index is -0.513. The Morgan fingerprint density at radius 3 is 2.69 bits per heavy atom. The summed E-state index contributed by atoms with van der Waals surface area (Å²) in [5.41, 5.74) is 1.58. The topological polar surface area (TPSA) is 57.7 Å². The number of fused-ring (bicyclic) bond motifs is 1. The third kappa shape index (κ3) is 3.85. The highest BCUT2D eigenvalue weighted by atomic mass is 32.2. The molecule has 1 aromatic rings. The lowest BCUT2D eigenvalue weighted by molar-refractivity contribution is -0.130. The zero-order chi connectivity index (χ0) is 18.9. The number of aryl methyl sites for hydroxylation is 1. The van der Waals surface area contributed by atoms with E-state index < -0.39 is 5.41 Å². The Hall–Kier alpha value is -2.08. The molecule has 0 N–H and O–H groups in total. The Kier molecular flexibility index (Phi) is 5.23. The van der Waals surface area contributed by atoms with Crippen LogP contribution >= 0.6 is 11.8 Å². The number of ketones is 1. The molecule has 0 atom stereocenters. The van der Waals surface area contributed by atoms with Gasteiger partial charge in [0.25, 0.3) is 0 Å². The Morgan fingerprint density at radius 2 is 1.96 bits per heavy atom. The van der Waals surface area contributed by atoms with Gasteiger partial charge < -0.3 is 4.90 Å². The number of carbonyl (C=O) groups is 3. The first-order valence-corrected chi connectivity index (χ1v) is 9.83. The monoisotopic (exact) mass is 372 g/mol. The number of thioether (sulfide) groups is 1. The van der Waals surface area contributed by atoms with E-state index >= 15 is 0 Å². The maximum absolute atomic E-state index is 12.9. The predicted octanol–water partition coefficient (Wildman–Crippen LogP) is 3.00. The lowest BCUT2D eigenvalue weighted by Gasteiger charge is -2.31. The van der Waals surface area contributed by atoms with E-state index in [-0.39, 0.29) is 29.9 Å². The van der Waals surface area contributed by atoms with Crippen LogP contribution in [-0.2, 0) is 20.8 Å². The van der Waals surface area contributed by atoms with Gasteiger partial charge >= 0.3 is 0 Å². The van der Waals surface area contributed by atoms with Crippen molar-refractivity contribution in [1.82, 2.24) is 4.90 Å². The van der Waals surface area contributed by atoms with Crippen molar-refractivity contribution in [3.8, 4) is 0 Å². The summed E-state index contributed by atoms with van der Waals surface area (Å²) < 4.78 is 0. The number of rotatable bonds is 3. The molecule has 6 heteroatoms. The van der Waals surface area contributed by atoms with E-state index in [1.165, 1.54) is 22.7 Å². The summed E-state index contributed by atoms with van der Waals surface area (Å²) >= 11 is 1.32. The molecular weight excluding hydrogens is 348 g/mol. The average molecular weight is 372 g/mol. The van der Waals surface area contributed by atoms with Crippen LogP contribution in [0.15, 0.2) is 35.4 Å². The lowest BCUT2D eigenvalue weighted by atomic mass is 9.91.